The SMILES string of the molecule is C[CH-]C.C[CH-]C.O.[CH2-]CCC.[CH2-]CCC.[CH3-].[CH3-].[Ti+3].[Ti+3]. The van der Waals surface area contributed by atoms with Crippen LogP contribution in [0.4, 0.5) is 0 Å². The summed E-state index contributed by atoms with van der Waals surface area (Å²) in [6.45, 7) is 19.4. The van der Waals surface area contributed by atoms with Gasteiger partial charge in [-0.2, -0.15) is 40.5 Å². The third-order valence-corrected chi connectivity index (χ3v) is 0.707. The van der Waals surface area contributed by atoms with Crippen molar-refractivity contribution in [1.29, 1.82) is 0 Å². The minimum atomic E-state index is 0. The molecule has 0 aliphatic heterocycles. The normalized spacial score (nSPS) is 5.05. The van der Waals surface area contributed by atoms with Gasteiger partial charge in [0.1, 0.15) is 0 Å². The van der Waals surface area contributed by atoms with Gasteiger partial charge in [0, 0.05) is 0 Å². The first-order valence-corrected chi connectivity index (χ1v) is 5.72. The second-order valence-corrected chi connectivity index (χ2v) is 2.86. The average Bonchev–Trinajstić information content (AvgIpc) is 2.20. The van der Waals surface area contributed by atoms with Crippen molar-refractivity contribution in [3.05, 3.63) is 41.5 Å². The first-order valence-electron chi connectivity index (χ1n) is 5.72. The second-order valence-electron chi connectivity index (χ2n) is 2.86. The summed E-state index contributed by atoms with van der Waals surface area (Å²) < 4.78 is 0. The van der Waals surface area contributed by atoms with Gasteiger partial charge in [0.25, 0.3) is 0 Å². The molecule has 19 heavy (non-hydrogen) atoms. The van der Waals surface area contributed by atoms with Crippen molar-refractivity contribution in [2.75, 3.05) is 0 Å². The van der Waals surface area contributed by atoms with E-state index in [-0.39, 0.29) is 63.8 Å². The van der Waals surface area contributed by atoms with Gasteiger partial charge in [-0.15, -0.1) is 0 Å². The average molecular weight is 344 g/mol. The molecule has 0 fully saturated rings. The first-order chi connectivity index (χ1) is 6.66. The molecule has 0 aromatic rings. The molecular weight excluding hydrogens is 304 g/mol. The van der Waals surface area contributed by atoms with Crippen LogP contribution in [0.25, 0.3) is 0 Å². The third kappa shape index (κ3) is 511. The molecule has 1 nitrogen and oxygen atoms in total. The van der Waals surface area contributed by atoms with Gasteiger partial charge in [-0.1, -0.05) is 26.7 Å². The molecule has 0 rings (SSSR count). The van der Waals surface area contributed by atoms with Crippen LogP contribution >= 0.6 is 0 Å². The molecule has 0 amide bonds. The molecule has 118 valence electrons. The standard InChI is InChI=1S/2C4H9.2C3H7.2CH3.H2O.2Ti/c2*1-3-4-2;2*1-3-2;;;;;/h2*1,3-4H2,2H3;2*3H,1-2H3;2*1H3;1H2;;/q6*-1;;2*+3. The van der Waals surface area contributed by atoms with E-state index in [0.29, 0.717) is 0 Å². The molecule has 3 heteroatoms. The molecule has 0 aromatic carbocycles. The maximum atomic E-state index is 3.60. The Hall–Kier alpha value is 1.39. The zero-order valence-electron chi connectivity index (χ0n) is 14.9. The molecular formula is C16H40OTi2. The Morgan fingerprint density at radius 3 is 0.737 bits per heavy atom. The summed E-state index contributed by atoms with van der Waals surface area (Å²) in [7, 11) is 0. The molecule has 0 saturated carbocycles. The zero-order chi connectivity index (χ0) is 12.2. The minimum Gasteiger partial charge on any atom is -0.412 e. The van der Waals surface area contributed by atoms with Crippen molar-refractivity contribution in [2.45, 2.75) is 67.2 Å². The Morgan fingerprint density at radius 1 is 0.684 bits per heavy atom. The molecule has 0 heterocycles. The molecule has 2 radical (unpaired) electrons. The predicted octanol–water partition coefficient (Wildman–Crippen LogP) is 5.77. The summed E-state index contributed by atoms with van der Waals surface area (Å²) in [6, 6.07) is 0. The van der Waals surface area contributed by atoms with Gasteiger partial charge in [-0.3, -0.25) is 0 Å². The smallest absolute Gasteiger partial charge is 0.412 e. The fourth-order valence-corrected chi connectivity index (χ4v) is 0. The van der Waals surface area contributed by atoms with Crippen LogP contribution in [0.5, 0.6) is 0 Å². The molecule has 0 aromatic heterocycles. The minimum absolute atomic E-state index is 0. The van der Waals surface area contributed by atoms with E-state index in [2.05, 4.69) is 27.7 Å². The Kier molecular flexibility index (Phi) is 374. The maximum Gasteiger partial charge on any atom is 3.00 e. The molecule has 0 spiro atoms. The first kappa shape index (κ1) is 59.1. The van der Waals surface area contributed by atoms with Gasteiger partial charge >= 0.3 is 43.4 Å². The Bertz CT molecular complexity index is 35.7. The third-order valence-electron chi connectivity index (χ3n) is 0.707. The van der Waals surface area contributed by atoms with Gasteiger partial charge < -0.3 is 47.0 Å². The van der Waals surface area contributed by atoms with E-state index in [1.165, 1.54) is 12.8 Å². The van der Waals surface area contributed by atoms with E-state index in [0.717, 1.165) is 12.8 Å². The van der Waals surface area contributed by atoms with Gasteiger partial charge in [0.2, 0.25) is 0 Å². The predicted molar refractivity (Wildman–Crippen MR) is 88.3 cm³/mol. The van der Waals surface area contributed by atoms with Crippen molar-refractivity contribution in [2.24, 2.45) is 0 Å². The molecule has 0 saturated heterocycles. The monoisotopic (exact) mass is 344 g/mol. The molecule has 2 N–H and O–H groups in total. The van der Waals surface area contributed by atoms with E-state index in [4.69, 9.17) is 0 Å². The summed E-state index contributed by atoms with van der Waals surface area (Å²) in [5.41, 5.74) is 0. The summed E-state index contributed by atoms with van der Waals surface area (Å²) >= 11 is 0. The summed E-state index contributed by atoms with van der Waals surface area (Å²) in [5, 5.41) is 0. The molecule has 0 bridgehead atoms. The Balaban J connectivity index is -0.00000000929. The van der Waals surface area contributed by atoms with Crippen LogP contribution in [0, 0.1) is 41.5 Å². The van der Waals surface area contributed by atoms with Crippen molar-refractivity contribution in [3.8, 4) is 0 Å². The van der Waals surface area contributed by atoms with Crippen LogP contribution < -0.4 is 0 Å². The zero-order valence-corrected chi connectivity index (χ0v) is 18.0. The fraction of sp³-hybridized carbons (Fsp3) is 0.625. The molecule has 0 aliphatic carbocycles. The summed E-state index contributed by atoms with van der Waals surface area (Å²) in [5.74, 6) is 0. The van der Waals surface area contributed by atoms with Crippen LogP contribution in [0.1, 0.15) is 67.2 Å². The van der Waals surface area contributed by atoms with E-state index in [1.54, 1.807) is 0 Å². The van der Waals surface area contributed by atoms with Gasteiger partial charge in [0.15, 0.2) is 0 Å². The van der Waals surface area contributed by atoms with E-state index >= 15 is 0 Å². The summed E-state index contributed by atoms with van der Waals surface area (Å²) in [4.78, 5) is 0. The fourth-order valence-electron chi connectivity index (χ4n) is 0. The van der Waals surface area contributed by atoms with Gasteiger partial charge in [0.05, 0.1) is 0 Å². The van der Waals surface area contributed by atoms with Gasteiger partial charge in [-0.25, -0.2) is 0 Å². The van der Waals surface area contributed by atoms with Crippen molar-refractivity contribution in [3.63, 3.8) is 0 Å². The van der Waals surface area contributed by atoms with Crippen molar-refractivity contribution < 1.29 is 48.9 Å². The Morgan fingerprint density at radius 2 is 0.737 bits per heavy atom. The van der Waals surface area contributed by atoms with E-state index in [1.807, 2.05) is 40.5 Å². The number of rotatable bonds is 2. The summed E-state index contributed by atoms with van der Waals surface area (Å²) in [6.07, 6.45) is 8.56. The largest absolute Gasteiger partial charge is 3.00 e. The van der Waals surface area contributed by atoms with Crippen LogP contribution in [0.2, 0.25) is 0 Å². The quantitative estimate of drug-likeness (QED) is 0.450. The molecule has 0 atom stereocenters. The van der Waals surface area contributed by atoms with E-state index in [9.17, 15) is 0 Å². The number of unbranched alkanes of at least 4 members (excludes halogenated alkanes) is 2. The van der Waals surface area contributed by atoms with Crippen molar-refractivity contribution >= 4 is 0 Å². The van der Waals surface area contributed by atoms with Crippen LogP contribution in [-0.2, 0) is 43.4 Å². The second kappa shape index (κ2) is 120. The van der Waals surface area contributed by atoms with Gasteiger partial charge in [-0.05, 0) is 0 Å². The van der Waals surface area contributed by atoms with Crippen molar-refractivity contribution in [1.82, 2.24) is 0 Å². The number of hydrogen-bond donors (Lipinski definition) is 0. The number of hydrogen-bond acceptors (Lipinski definition) is 0. The molecule has 0 aliphatic rings. The van der Waals surface area contributed by atoms with Crippen LogP contribution in [-0.4, -0.2) is 5.48 Å². The van der Waals surface area contributed by atoms with Crippen LogP contribution in [0.3, 0.4) is 0 Å². The maximum absolute atomic E-state index is 3.60. The van der Waals surface area contributed by atoms with E-state index < -0.39 is 0 Å². The topological polar surface area (TPSA) is 31.5 Å². The Labute approximate surface area is 157 Å². The van der Waals surface area contributed by atoms with Crippen LogP contribution in [0.15, 0.2) is 0 Å². The molecule has 0 unspecified atom stereocenters.